The fourth-order valence-corrected chi connectivity index (χ4v) is 3.12. The van der Waals surface area contributed by atoms with Crippen LogP contribution in [0.4, 0.5) is 0 Å². The molecule has 0 bridgehead atoms. The normalized spacial score (nSPS) is 14.5. The quantitative estimate of drug-likeness (QED) is 0.841. The molecule has 4 nitrogen and oxygen atoms in total. The van der Waals surface area contributed by atoms with Crippen LogP contribution in [0.2, 0.25) is 0 Å². The van der Waals surface area contributed by atoms with E-state index in [0.717, 1.165) is 0 Å². The van der Waals surface area contributed by atoms with Gasteiger partial charge in [-0.2, -0.15) is 0 Å². The number of hydrogen-bond donors (Lipinski definition) is 2. The molecule has 0 aliphatic rings. The first-order chi connectivity index (χ1) is 7.91. The van der Waals surface area contributed by atoms with Gasteiger partial charge in [0.1, 0.15) is 11.0 Å². The summed E-state index contributed by atoms with van der Waals surface area (Å²) in [7, 11) is -1.49. The number of carboxylic acid groups (broad SMARTS) is 1. The molecule has 1 aromatic carbocycles. The van der Waals surface area contributed by atoms with Gasteiger partial charge in [-0.3, -0.25) is 9.00 Å². The van der Waals surface area contributed by atoms with Crippen molar-refractivity contribution in [2.45, 2.75) is 24.9 Å². The molecule has 2 unspecified atom stereocenters. The van der Waals surface area contributed by atoms with Gasteiger partial charge < -0.3 is 10.2 Å². The molecule has 2 N–H and O–H groups in total. The second kappa shape index (κ2) is 5.82. The van der Waals surface area contributed by atoms with Crippen molar-refractivity contribution in [2.75, 3.05) is 0 Å². The molecule has 1 rings (SSSR count). The Morgan fingerprint density at radius 2 is 2.06 bits per heavy atom. The molecule has 0 heterocycles. The van der Waals surface area contributed by atoms with Crippen LogP contribution in [0.5, 0.6) is 5.75 Å². The zero-order valence-corrected chi connectivity index (χ0v) is 10.6. The predicted octanol–water partition coefficient (Wildman–Crippen LogP) is 1.75. The van der Waals surface area contributed by atoms with Crippen molar-refractivity contribution in [3.63, 3.8) is 0 Å². The minimum absolute atomic E-state index is 0.0934. The van der Waals surface area contributed by atoms with E-state index in [9.17, 15) is 14.1 Å². The van der Waals surface area contributed by atoms with Gasteiger partial charge in [0.2, 0.25) is 0 Å². The topological polar surface area (TPSA) is 74.6 Å². The number of carbonyl (C=O) groups is 1. The second-order valence-electron chi connectivity index (χ2n) is 4.20. The van der Waals surface area contributed by atoms with Gasteiger partial charge in [0, 0.05) is 16.6 Å². The number of aliphatic carboxylic acids is 1. The van der Waals surface area contributed by atoms with E-state index < -0.39 is 22.0 Å². The highest BCUT2D eigenvalue weighted by atomic mass is 32.2. The Hall–Kier alpha value is -1.36. The summed E-state index contributed by atoms with van der Waals surface area (Å²) in [5.41, 5.74) is 0.676. The van der Waals surface area contributed by atoms with Crippen molar-refractivity contribution in [1.82, 2.24) is 0 Å². The molecule has 0 saturated heterocycles. The lowest BCUT2D eigenvalue weighted by Crippen LogP contribution is -2.31. The maximum atomic E-state index is 12.0. The summed E-state index contributed by atoms with van der Waals surface area (Å²) in [4.78, 5) is 11.0. The molecule has 0 radical (unpaired) electrons. The van der Waals surface area contributed by atoms with Crippen LogP contribution < -0.4 is 0 Å². The first-order valence-corrected chi connectivity index (χ1v) is 6.68. The third-order valence-electron chi connectivity index (χ3n) is 2.35. The minimum atomic E-state index is -1.49. The summed E-state index contributed by atoms with van der Waals surface area (Å²) in [6, 6.07) is 6.38. The molecule has 0 aliphatic heterocycles. The van der Waals surface area contributed by atoms with Crippen molar-refractivity contribution in [2.24, 2.45) is 5.92 Å². The standard InChI is InChI=1S/C12H16O4S/c1-8(2)11(12(14)15)17(16)7-9-4-3-5-10(13)6-9/h3-6,8,11,13H,7H2,1-2H3,(H,14,15). The van der Waals surface area contributed by atoms with Gasteiger partial charge in [-0.25, -0.2) is 0 Å². The summed E-state index contributed by atoms with van der Waals surface area (Å²) >= 11 is 0. The van der Waals surface area contributed by atoms with E-state index in [2.05, 4.69) is 0 Å². The van der Waals surface area contributed by atoms with E-state index in [1.165, 1.54) is 12.1 Å². The SMILES string of the molecule is CC(C)C(C(=O)O)S(=O)Cc1cccc(O)c1. The minimum Gasteiger partial charge on any atom is -0.508 e. The van der Waals surface area contributed by atoms with E-state index in [-0.39, 0.29) is 17.4 Å². The summed E-state index contributed by atoms with van der Waals surface area (Å²) in [6.45, 7) is 3.47. The van der Waals surface area contributed by atoms with Crippen molar-refractivity contribution >= 4 is 16.8 Å². The Morgan fingerprint density at radius 1 is 1.41 bits per heavy atom. The molecular formula is C12H16O4S. The van der Waals surface area contributed by atoms with E-state index in [1.807, 2.05) is 0 Å². The van der Waals surface area contributed by atoms with Gasteiger partial charge in [0.05, 0.1) is 0 Å². The van der Waals surface area contributed by atoms with Crippen LogP contribution in [0.3, 0.4) is 0 Å². The van der Waals surface area contributed by atoms with Crippen LogP contribution in [0.1, 0.15) is 19.4 Å². The molecular weight excluding hydrogens is 240 g/mol. The lowest BCUT2D eigenvalue weighted by molar-refractivity contribution is -0.137. The summed E-state index contributed by atoms with van der Waals surface area (Å²) in [6.07, 6.45) is 0. The molecule has 5 heteroatoms. The van der Waals surface area contributed by atoms with Crippen molar-refractivity contribution in [3.8, 4) is 5.75 Å². The van der Waals surface area contributed by atoms with Crippen molar-refractivity contribution in [1.29, 1.82) is 0 Å². The summed E-state index contributed by atoms with van der Waals surface area (Å²) < 4.78 is 12.0. The lowest BCUT2D eigenvalue weighted by atomic mass is 10.1. The zero-order valence-electron chi connectivity index (χ0n) is 9.79. The number of carboxylic acids is 1. The van der Waals surface area contributed by atoms with Gasteiger partial charge in [-0.15, -0.1) is 0 Å². The van der Waals surface area contributed by atoms with E-state index in [1.54, 1.807) is 26.0 Å². The molecule has 0 spiro atoms. The number of phenols is 1. The Kier molecular flexibility index (Phi) is 4.69. The molecule has 0 fully saturated rings. The lowest BCUT2D eigenvalue weighted by Gasteiger charge is -2.15. The largest absolute Gasteiger partial charge is 0.508 e. The zero-order chi connectivity index (χ0) is 13.0. The maximum Gasteiger partial charge on any atom is 0.319 e. The van der Waals surface area contributed by atoms with Gasteiger partial charge in [-0.1, -0.05) is 26.0 Å². The van der Waals surface area contributed by atoms with Crippen LogP contribution in [0, 0.1) is 5.92 Å². The summed E-state index contributed by atoms with van der Waals surface area (Å²) in [5.74, 6) is -0.996. The Labute approximate surface area is 103 Å². The number of phenolic OH excluding ortho intramolecular Hbond substituents is 1. The Bertz CT molecular complexity index is 428. The third kappa shape index (κ3) is 3.85. The molecule has 94 valence electrons. The highest BCUT2D eigenvalue weighted by Crippen LogP contribution is 2.17. The van der Waals surface area contributed by atoms with E-state index in [4.69, 9.17) is 5.11 Å². The monoisotopic (exact) mass is 256 g/mol. The molecule has 2 atom stereocenters. The van der Waals surface area contributed by atoms with Crippen molar-refractivity contribution < 1.29 is 19.2 Å². The fourth-order valence-electron chi connectivity index (χ4n) is 1.60. The summed E-state index contributed by atoms with van der Waals surface area (Å²) in [5, 5.41) is 17.4. The maximum absolute atomic E-state index is 12.0. The number of benzene rings is 1. The smallest absolute Gasteiger partial charge is 0.319 e. The molecule has 1 aromatic rings. The van der Waals surface area contributed by atoms with Crippen LogP contribution in [0.25, 0.3) is 0 Å². The van der Waals surface area contributed by atoms with Crippen LogP contribution in [0.15, 0.2) is 24.3 Å². The first kappa shape index (κ1) is 13.7. The number of aromatic hydroxyl groups is 1. The molecule has 0 saturated carbocycles. The Morgan fingerprint density at radius 3 is 2.53 bits per heavy atom. The van der Waals surface area contributed by atoms with E-state index in [0.29, 0.717) is 5.56 Å². The van der Waals surface area contributed by atoms with Crippen LogP contribution in [-0.4, -0.2) is 25.6 Å². The fraction of sp³-hybridized carbons (Fsp3) is 0.417. The molecule has 0 aliphatic carbocycles. The van der Waals surface area contributed by atoms with Crippen molar-refractivity contribution in [3.05, 3.63) is 29.8 Å². The Balaban J connectivity index is 2.81. The van der Waals surface area contributed by atoms with Crippen LogP contribution >= 0.6 is 0 Å². The third-order valence-corrected chi connectivity index (χ3v) is 4.28. The number of hydrogen-bond acceptors (Lipinski definition) is 3. The van der Waals surface area contributed by atoms with Gasteiger partial charge in [0.25, 0.3) is 0 Å². The van der Waals surface area contributed by atoms with Gasteiger partial charge in [-0.05, 0) is 23.6 Å². The van der Waals surface area contributed by atoms with E-state index >= 15 is 0 Å². The van der Waals surface area contributed by atoms with Crippen LogP contribution in [-0.2, 0) is 21.3 Å². The highest BCUT2D eigenvalue weighted by Gasteiger charge is 2.28. The average molecular weight is 256 g/mol. The first-order valence-electron chi connectivity index (χ1n) is 5.29. The molecule has 0 aromatic heterocycles. The van der Waals surface area contributed by atoms with Gasteiger partial charge in [0.15, 0.2) is 0 Å². The number of rotatable bonds is 5. The van der Waals surface area contributed by atoms with Gasteiger partial charge >= 0.3 is 5.97 Å². The molecule has 0 amide bonds. The average Bonchev–Trinajstić information content (AvgIpc) is 2.15. The highest BCUT2D eigenvalue weighted by molar-refractivity contribution is 7.85. The predicted molar refractivity (Wildman–Crippen MR) is 66.2 cm³/mol. The molecule has 17 heavy (non-hydrogen) atoms. The second-order valence-corrected chi connectivity index (χ2v) is 5.76.